The van der Waals surface area contributed by atoms with Gasteiger partial charge in [-0.15, -0.1) is 0 Å². The van der Waals surface area contributed by atoms with Crippen LogP contribution in [0.5, 0.6) is 5.75 Å². The molecule has 3 heteroatoms. The molecular formula is C18H22ClNO. The molecule has 0 unspecified atom stereocenters. The number of hydrogen-bond donors (Lipinski definition) is 1. The third kappa shape index (κ3) is 4.68. The van der Waals surface area contributed by atoms with E-state index in [2.05, 4.69) is 24.4 Å². The molecule has 0 bridgehead atoms. The van der Waals surface area contributed by atoms with E-state index in [1.165, 1.54) is 5.56 Å². The normalized spacial score (nSPS) is 10.4. The van der Waals surface area contributed by atoms with Gasteiger partial charge < -0.3 is 10.1 Å². The number of ether oxygens (including phenoxy) is 1. The summed E-state index contributed by atoms with van der Waals surface area (Å²) in [5.74, 6) is 0.936. The average molecular weight is 304 g/mol. The quantitative estimate of drug-likeness (QED) is 0.688. The second kappa shape index (κ2) is 7.94. The first-order chi connectivity index (χ1) is 10.2. The largest absolute Gasteiger partial charge is 0.494 e. The van der Waals surface area contributed by atoms with Gasteiger partial charge >= 0.3 is 0 Å². The Morgan fingerprint density at radius 1 is 1.14 bits per heavy atom. The first-order valence-corrected chi connectivity index (χ1v) is 7.79. The Bertz CT molecular complexity index is 583. The third-order valence-corrected chi connectivity index (χ3v) is 3.83. The molecule has 2 nitrogen and oxygen atoms in total. The van der Waals surface area contributed by atoms with Crippen molar-refractivity contribution in [1.29, 1.82) is 0 Å². The van der Waals surface area contributed by atoms with E-state index in [1.54, 1.807) is 0 Å². The highest BCUT2D eigenvalue weighted by Crippen LogP contribution is 2.23. The zero-order valence-electron chi connectivity index (χ0n) is 12.7. The molecule has 21 heavy (non-hydrogen) atoms. The summed E-state index contributed by atoms with van der Waals surface area (Å²) >= 11 is 6.13. The van der Waals surface area contributed by atoms with Gasteiger partial charge in [0, 0.05) is 17.3 Å². The van der Waals surface area contributed by atoms with Crippen molar-refractivity contribution in [2.45, 2.75) is 33.2 Å². The van der Waals surface area contributed by atoms with Crippen molar-refractivity contribution in [3.05, 3.63) is 58.6 Å². The first kappa shape index (κ1) is 15.7. The van der Waals surface area contributed by atoms with Crippen molar-refractivity contribution in [2.75, 3.05) is 11.9 Å². The number of anilines is 1. The van der Waals surface area contributed by atoms with Gasteiger partial charge in [0.15, 0.2) is 0 Å². The lowest BCUT2D eigenvalue weighted by Gasteiger charge is -2.12. The van der Waals surface area contributed by atoms with Crippen LogP contribution in [0.1, 0.15) is 30.9 Å². The minimum atomic E-state index is 0.756. The molecule has 0 fully saturated rings. The molecule has 1 N–H and O–H groups in total. The fourth-order valence-electron chi connectivity index (χ4n) is 2.08. The molecule has 0 atom stereocenters. The van der Waals surface area contributed by atoms with Crippen LogP contribution in [0.2, 0.25) is 5.02 Å². The number of benzene rings is 2. The molecule has 0 aliphatic rings. The lowest BCUT2D eigenvalue weighted by molar-refractivity contribution is 0.309. The third-order valence-electron chi connectivity index (χ3n) is 3.42. The van der Waals surface area contributed by atoms with Gasteiger partial charge in [0.05, 0.1) is 6.61 Å². The average Bonchev–Trinajstić information content (AvgIpc) is 2.50. The maximum Gasteiger partial charge on any atom is 0.119 e. The topological polar surface area (TPSA) is 21.3 Å². The highest BCUT2D eigenvalue weighted by atomic mass is 35.5. The van der Waals surface area contributed by atoms with Crippen LogP contribution in [-0.4, -0.2) is 6.61 Å². The van der Waals surface area contributed by atoms with E-state index >= 15 is 0 Å². The van der Waals surface area contributed by atoms with Gasteiger partial charge in [-0.3, -0.25) is 0 Å². The van der Waals surface area contributed by atoms with Crippen LogP contribution in [0.15, 0.2) is 42.5 Å². The van der Waals surface area contributed by atoms with Crippen molar-refractivity contribution in [2.24, 2.45) is 0 Å². The molecule has 0 aliphatic heterocycles. The van der Waals surface area contributed by atoms with Gasteiger partial charge in [-0.2, -0.15) is 0 Å². The molecule has 0 aromatic heterocycles. The zero-order chi connectivity index (χ0) is 15.1. The Morgan fingerprint density at radius 3 is 2.76 bits per heavy atom. The minimum Gasteiger partial charge on any atom is -0.494 e. The number of hydrogen-bond acceptors (Lipinski definition) is 2. The molecule has 0 heterocycles. The lowest BCUT2D eigenvalue weighted by Crippen LogP contribution is -2.02. The molecule has 2 aromatic carbocycles. The Kier molecular flexibility index (Phi) is 5.94. The van der Waals surface area contributed by atoms with Gasteiger partial charge in [0.25, 0.3) is 0 Å². The van der Waals surface area contributed by atoms with E-state index in [0.717, 1.165) is 48.0 Å². The molecule has 0 aliphatic carbocycles. The predicted molar refractivity (Wildman–Crippen MR) is 90.4 cm³/mol. The van der Waals surface area contributed by atoms with E-state index in [-0.39, 0.29) is 0 Å². The molecule has 0 amide bonds. The summed E-state index contributed by atoms with van der Waals surface area (Å²) in [5.41, 5.74) is 3.35. The SMILES string of the molecule is CCCCOc1cccc(CNc2cccc(Cl)c2C)c1. The van der Waals surface area contributed by atoms with Crippen molar-refractivity contribution in [3.63, 3.8) is 0 Å². The molecule has 2 aromatic rings. The van der Waals surface area contributed by atoms with Crippen molar-refractivity contribution < 1.29 is 4.74 Å². The number of unbranched alkanes of at least 4 members (excludes halogenated alkanes) is 1. The predicted octanol–water partition coefficient (Wildman–Crippen LogP) is 5.44. The van der Waals surface area contributed by atoms with Gasteiger partial charge in [-0.05, 0) is 48.7 Å². The Balaban J connectivity index is 1.96. The number of halogens is 1. The summed E-state index contributed by atoms with van der Waals surface area (Å²) in [6, 6.07) is 14.1. The van der Waals surface area contributed by atoms with Gasteiger partial charge in [-0.25, -0.2) is 0 Å². The molecule has 0 radical (unpaired) electrons. The summed E-state index contributed by atoms with van der Waals surface area (Å²) in [6.45, 7) is 5.72. The monoisotopic (exact) mass is 303 g/mol. The molecule has 112 valence electrons. The van der Waals surface area contributed by atoms with Crippen molar-refractivity contribution in [3.8, 4) is 5.75 Å². The second-order valence-electron chi connectivity index (χ2n) is 5.12. The molecule has 0 spiro atoms. The molecule has 0 saturated heterocycles. The minimum absolute atomic E-state index is 0.756. The molecule has 0 saturated carbocycles. The van der Waals surface area contributed by atoms with Crippen LogP contribution >= 0.6 is 11.6 Å². The summed E-state index contributed by atoms with van der Waals surface area (Å²) in [4.78, 5) is 0. The first-order valence-electron chi connectivity index (χ1n) is 7.41. The zero-order valence-corrected chi connectivity index (χ0v) is 13.4. The van der Waals surface area contributed by atoms with E-state index in [4.69, 9.17) is 16.3 Å². The fraction of sp³-hybridized carbons (Fsp3) is 0.333. The summed E-state index contributed by atoms with van der Waals surface area (Å²) in [5, 5.41) is 4.21. The molecule has 2 rings (SSSR count). The highest BCUT2D eigenvalue weighted by molar-refractivity contribution is 6.31. The smallest absolute Gasteiger partial charge is 0.119 e. The van der Waals surface area contributed by atoms with E-state index < -0.39 is 0 Å². The fourth-order valence-corrected chi connectivity index (χ4v) is 2.25. The van der Waals surface area contributed by atoms with E-state index in [1.807, 2.05) is 37.3 Å². The second-order valence-corrected chi connectivity index (χ2v) is 5.52. The van der Waals surface area contributed by atoms with Crippen molar-refractivity contribution in [1.82, 2.24) is 0 Å². The maximum absolute atomic E-state index is 6.13. The van der Waals surface area contributed by atoms with Crippen LogP contribution in [0.4, 0.5) is 5.69 Å². The Labute approximate surface area is 132 Å². The van der Waals surface area contributed by atoms with Gasteiger partial charge in [0.2, 0.25) is 0 Å². The maximum atomic E-state index is 6.13. The Morgan fingerprint density at radius 2 is 1.95 bits per heavy atom. The van der Waals surface area contributed by atoms with Gasteiger partial charge in [-0.1, -0.05) is 43.1 Å². The summed E-state index contributed by atoms with van der Waals surface area (Å²) in [6.07, 6.45) is 2.24. The summed E-state index contributed by atoms with van der Waals surface area (Å²) in [7, 11) is 0. The van der Waals surface area contributed by atoms with Gasteiger partial charge in [0.1, 0.15) is 5.75 Å². The van der Waals surface area contributed by atoms with Crippen LogP contribution in [0.25, 0.3) is 0 Å². The molecular weight excluding hydrogens is 282 g/mol. The van der Waals surface area contributed by atoms with E-state index in [0.29, 0.717) is 0 Å². The van der Waals surface area contributed by atoms with Crippen LogP contribution in [0, 0.1) is 6.92 Å². The Hall–Kier alpha value is -1.67. The van der Waals surface area contributed by atoms with Crippen molar-refractivity contribution >= 4 is 17.3 Å². The number of nitrogens with one attached hydrogen (secondary N) is 1. The van der Waals surface area contributed by atoms with Crippen LogP contribution < -0.4 is 10.1 Å². The lowest BCUT2D eigenvalue weighted by atomic mass is 10.1. The summed E-state index contributed by atoms with van der Waals surface area (Å²) < 4.78 is 5.73. The van der Waals surface area contributed by atoms with Crippen LogP contribution in [-0.2, 0) is 6.54 Å². The standard InChI is InChI=1S/C18H22ClNO/c1-3-4-11-21-16-8-5-7-15(12-16)13-20-18-10-6-9-17(19)14(18)2/h5-10,12,20H,3-4,11,13H2,1-2H3. The van der Waals surface area contributed by atoms with E-state index in [9.17, 15) is 0 Å². The number of rotatable bonds is 7. The van der Waals surface area contributed by atoms with Crippen LogP contribution in [0.3, 0.4) is 0 Å². The highest BCUT2D eigenvalue weighted by Gasteiger charge is 2.02.